The summed E-state index contributed by atoms with van der Waals surface area (Å²) in [4.78, 5) is 4.33. The van der Waals surface area contributed by atoms with Crippen molar-refractivity contribution in [3.63, 3.8) is 0 Å². The summed E-state index contributed by atoms with van der Waals surface area (Å²) in [6, 6.07) is 2.07. The zero-order chi connectivity index (χ0) is 8.55. The molecule has 0 amide bonds. The Balaban J connectivity index is 2.43. The topological polar surface area (TPSA) is 33.1 Å². The number of fused-ring (bicyclic) bond motifs is 1. The number of aromatic amines is 1. The average molecular weight is 181 g/mol. The number of rotatable bonds is 2. The molecule has 0 aromatic carbocycles. The summed E-state index contributed by atoms with van der Waals surface area (Å²) in [7, 11) is 0. The van der Waals surface area contributed by atoms with Gasteiger partial charge < -0.3 is 0 Å². The lowest BCUT2D eigenvalue weighted by atomic mass is 10.6. The van der Waals surface area contributed by atoms with Crippen LogP contribution in [0, 0.1) is 6.92 Å². The number of thioether (sulfide) groups is 1. The zero-order valence-electron chi connectivity index (χ0n) is 7.16. The van der Waals surface area contributed by atoms with Gasteiger partial charge in [0.25, 0.3) is 0 Å². The first-order chi connectivity index (χ1) is 5.79. The Kier molecular flexibility index (Phi) is 1.84. The molecule has 0 aliphatic rings. The van der Waals surface area contributed by atoms with E-state index < -0.39 is 0 Å². The maximum atomic E-state index is 4.33. The van der Waals surface area contributed by atoms with Crippen molar-refractivity contribution in [2.24, 2.45) is 0 Å². The predicted molar refractivity (Wildman–Crippen MR) is 50.7 cm³/mol. The highest BCUT2D eigenvalue weighted by Gasteiger charge is 2.01. The van der Waals surface area contributed by atoms with Gasteiger partial charge in [0, 0.05) is 12.3 Å². The molecule has 0 fully saturated rings. The summed E-state index contributed by atoms with van der Waals surface area (Å²) in [5, 5.41) is 4.42. The molecule has 64 valence electrons. The van der Waals surface area contributed by atoms with E-state index in [1.807, 2.05) is 17.6 Å². The zero-order valence-corrected chi connectivity index (χ0v) is 7.98. The van der Waals surface area contributed by atoms with Gasteiger partial charge in [-0.1, -0.05) is 6.92 Å². The molecule has 0 atom stereocenters. The highest BCUT2D eigenvalue weighted by molar-refractivity contribution is 7.99. The normalized spacial score (nSPS) is 11.2. The summed E-state index contributed by atoms with van der Waals surface area (Å²) >= 11 is 1.80. The van der Waals surface area contributed by atoms with E-state index in [2.05, 4.69) is 23.1 Å². The smallest absolute Gasteiger partial charge is 0.154 e. The average Bonchev–Trinajstić information content (AvgIpc) is 2.44. The van der Waals surface area contributed by atoms with Gasteiger partial charge in [-0.3, -0.25) is 5.10 Å². The lowest BCUT2D eigenvalue weighted by Gasteiger charge is -1.89. The highest BCUT2D eigenvalue weighted by Crippen LogP contribution is 2.17. The van der Waals surface area contributed by atoms with Crippen LogP contribution in [0.4, 0.5) is 0 Å². The van der Waals surface area contributed by atoms with Gasteiger partial charge in [0.2, 0.25) is 0 Å². The summed E-state index contributed by atoms with van der Waals surface area (Å²) in [5.41, 5.74) is 2.05. The maximum absolute atomic E-state index is 4.33. The van der Waals surface area contributed by atoms with Gasteiger partial charge in [-0.2, -0.15) is 0 Å². The Bertz CT molecular complexity index is 356. The van der Waals surface area contributed by atoms with Crippen LogP contribution in [-0.2, 0) is 0 Å². The van der Waals surface area contributed by atoms with E-state index in [1.54, 1.807) is 11.8 Å². The van der Waals surface area contributed by atoms with Gasteiger partial charge in [-0.15, -0.1) is 11.8 Å². The number of aryl methyl sites for hydroxylation is 1. The third-order valence-corrected chi connectivity index (χ3v) is 2.45. The molecule has 0 aliphatic heterocycles. The second kappa shape index (κ2) is 2.86. The van der Waals surface area contributed by atoms with Crippen molar-refractivity contribution in [1.29, 1.82) is 0 Å². The van der Waals surface area contributed by atoms with Crippen molar-refractivity contribution >= 4 is 17.4 Å². The number of H-pyrrole nitrogens is 1. The number of hydrogen-bond donors (Lipinski definition) is 1. The summed E-state index contributed by atoms with van der Waals surface area (Å²) in [6.07, 6.45) is 2.00. The van der Waals surface area contributed by atoms with E-state index in [4.69, 9.17) is 0 Å². The van der Waals surface area contributed by atoms with Crippen molar-refractivity contribution in [3.05, 3.63) is 18.0 Å². The Hall–Kier alpha value is -0.900. The van der Waals surface area contributed by atoms with Crippen molar-refractivity contribution in [2.45, 2.75) is 18.9 Å². The molecular weight excluding hydrogens is 170 g/mol. The second-order valence-electron chi connectivity index (χ2n) is 2.66. The summed E-state index contributed by atoms with van der Waals surface area (Å²) < 4.78 is 1.95. The first kappa shape index (κ1) is 7.73. The molecule has 2 aromatic heterocycles. The number of imidazole rings is 1. The van der Waals surface area contributed by atoms with Gasteiger partial charge in [0.1, 0.15) is 0 Å². The lowest BCUT2D eigenvalue weighted by Crippen LogP contribution is -1.79. The monoisotopic (exact) mass is 181 g/mol. The van der Waals surface area contributed by atoms with E-state index in [0.717, 1.165) is 17.1 Å². The molecule has 0 radical (unpaired) electrons. The van der Waals surface area contributed by atoms with Gasteiger partial charge in [-0.25, -0.2) is 9.50 Å². The quantitative estimate of drug-likeness (QED) is 0.719. The maximum Gasteiger partial charge on any atom is 0.154 e. The SMILES string of the molecule is CCSc1cc2nc(C)cn2[nH]1. The minimum absolute atomic E-state index is 1.00. The fourth-order valence-electron chi connectivity index (χ4n) is 1.21. The largest absolute Gasteiger partial charge is 0.286 e. The first-order valence-electron chi connectivity index (χ1n) is 3.97. The minimum atomic E-state index is 1.00. The van der Waals surface area contributed by atoms with Crippen LogP contribution in [-0.4, -0.2) is 20.4 Å². The van der Waals surface area contributed by atoms with Gasteiger partial charge >= 0.3 is 0 Å². The Labute approximate surface area is 75.2 Å². The highest BCUT2D eigenvalue weighted by atomic mass is 32.2. The molecule has 4 heteroatoms. The molecule has 2 rings (SSSR count). The van der Waals surface area contributed by atoms with Gasteiger partial charge in [0.05, 0.1) is 10.7 Å². The Morgan fingerprint density at radius 1 is 1.67 bits per heavy atom. The summed E-state index contributed by atoms with van der Waals surface area (Å²) in [5.74, 6) is 1.09. The Morgan fingerprint density at radius 2 is 2.50 bits per heavy atom. The van der Waals surface area contributed by atoms with E-state index in [1.165, 1.54) is 5.03 Å². The predicted octanol–water partition coefficient (Wildman–Crippen LogP) is 2.08. The van der Waals surface area contributed by atoms with Gasteiger partial charge in [0.15, 0.2) is 5.65 Å². The first-order valence-corrected chi connectivity index (χ1v) is 4.95. The molecule has 1 N–H and O–H groups in total. The van der Waals surface area contributed by atoms with Gasteiger partial charge in [-0.05, 0) is 12.7 Å². The molecule has 12 heavy (non-hydrogen) atoms. The number of nitrogens with zero attached hydrogens (tertiary/aromatic N) is 2. The Morgan fingerprint density at radius 3 is 3.17 bits per heavy atom. The van der Waals surface area contributed by atoms with E-state index in [0.29, 0.717) is 0 Å². The molecule has 2 aromatic rings. The molecule has 2 heterocycles. The molecular formula is C8H11N3S. The van der Waals surface area contributed by atoms with Crippen LogP contribution in [0.1, 0.15) is 12.6 Å². The standard InChI is InChI=1S/C8H11N3S/c1-3-12-8-4-7-9-6(2)5-11(7)10-8/h4-5,10H,3H2,1-2H3. The molecule has 0 saturated carbocycles. The fourth-order valence-corrected chi connectivity index (χ4v) is 1.87. The fraction of sp³-hybridized carbons (Fsp3) is 0.375. The van der Waals surface area contributed by atoms with Crippen LogP contribution >= 0.6 is 11.8 Å². The second-order valence-corrected chi connectivity index (χ2v) is 3.97. The van der Waals surface area contributed by atoms with Crippen molar-refractivity contribution in [1.82, 2.24) is 14.6 Å². The van der Waals surface area contributed by atoms with E-state index in [-0.39, 0.29) is 0 Å². The molecule has 0 bridgehead atoms. The third-order valence-electron chi connectivity index (χ3n) is 1.64. The molecule has 3 nitrogen and oxygen atoms in total. The summed E-state index contributed by atoms with van der Waals surface area (Å²) in [6.45, 7) is 4.13. The van der Waals surface area contributed by atoms with Crippen LogP contribution in [0.2, 0.25) is 0 Å². The van der Waals surface area contributed by atoms with Crippen LogP contribution in [0.25, 0.3) is 5.65 Å². The minimum Gasteiger partial charge on any atom is -0.286 e. The van der Waals surface area contributed by atoms with Crippen LogP contribution < -0.4 is 0 Å². The molecule has 0 saturated heterocycles. The van der Waals surface area contributed by atoms with Crippen LogP contribution in [0.5, 0.6) is 0 Å². The number of aromatic nitrogens is 3. The number of nitrogens with one attached hydrogen (secondary N) is 1. The van der Waals surface area contributed by atoms with Crippen LogP contribution in [0.3, 0.4) is 0 Å². The van der Waals surface area contributed by atoms with Crippen molar-refractivity contribution in [2.75, 3.05) is 5.75 Å². The number of hydrogen-bond acceptors (Lipinski definition) is 2. The van der Waals surface area contributed by atoms with Crippen molar-refractivity contribution in [3.8, 4) is 0 Å². The van der Waals surface area contributed by atoms with Crippen LogP contribution in [0.15, 0.2) is 17.3 Å². The molecule has 0 spiro atoms. The molecule has 0 aliphatic carbocycles. The molecule has 0 unspecified atom stereocenters. The third kappa shape index (κ3) is 1.22. The van der Waals surface area contributed by atoms with E-state index in [9.17, 15) is 0 Å². The lowest BCUT2D eigenvalue weighted by molar-refractivity contribution is 0.907. The van der Waals surface area contributed by atoms with Crippen molar-refractivity contribution < 1.29 is 0 Å². The van der Waals surface area contributed by atoms with E-state index >= 15 is 0 Å².